The van der Waals surface area contributed by atoms with Crippen LogP contribution >= 0.6 is 11.8 Å². The van der Waals surface area contributed by atoms with Crippen LogP contribution in [0.5, 0.6) is 0 Å². The number of nitrogens with zero attached hydrogens (tertiary/aromatic N) is 1. The van der Waals surface area contributed by atoms with Crippen molar-refractivity contribution in [1.82, 2.24) is 10.2 Å². The minimum absolute atomic E-state index is 0.353. The molecule has 2 N–H and O–H groups in total. The predicted molar refractivity (Wildman–Crippen MR) is 59.4 cm³/mol. The molecule has 0 radical (unpaired) electrons. The Kier molecular flexibility index (Phi) is 4.50. The van der Waals surface area contributed by atoms with E-state index in [1.165, 1.54) is 0 Å². The lowest BCUT2D eigenvalue weighted by Crippen LogP contribution is -2.41. The Morgan fingerprint density at radius 2 is 2.12 bits per heavy atom. The van der Waals surface area contributed by atoms with Gasteiger partial charge in [-0.1, -0.05) is 11.8 Å². The van der Waals surface area contributed by atoms with Crippen molar-refractivity contribution in [3.8, 4) is 0 Å². The zero-order chi connectivity index (χ0) is 13.0. The number of carboxylic acids is 1. The second-order valence-corrected chi connectivity index (χ2v) is 4.50. The van der Waals surface area contributed by atoms with E-state index in [9.17, 15) is 19.2 Å². The fourth-order valence-corrected chi connectivity index (χ4v) is 2.31. The summed E-state index contributed by atoms with van der Waals surface area (Å²) in [4.78, 5) is 45.5. The van der Waals surface area contributed by atoms with Crippen LogP contribution in [0.15, 0.2) is 0 Å². The van der Waals surface area contributed by atoms with Crippen LogP contribution in [0, 0.1) is 0 Å². The molecule has 8 heteroatoms. The van der Waals surface area contributed by atoms with E-state index >= 15 is 0 Å². The van der Waals surface area contributed by atoms with Crippen LogP contribution < -0.4 is 5.32 Å². The fraction of sp³-hybridized carbons (Fsp3) is 0.556. The van der Waals surface area contributed by atoms with Crippen LogP contribution in [0.3, 0.4) is 0 Å². The minimum atomic E-state index is -1.15. The van der Waals surface area contributed by atoms with Gasteiger partial charge in [0.05, 0.1) is 6.42 Å². The third-order valence-electron chi connectivity index (χ3n) is 2.04. The molecule has 0 bridgehead atoms. The summed E-state index contributed by atoms with van der Waals surface area (Å²) in [6.07, 6.45) is -0.416. The molecular weight excluding hydrogens is 248 g/mol. The zero-order valence-corrected chi connectivity index (χ0v) is 9.95. The van der Waals surface area contributed by atoms with Crippen LogP contribution in [0.4, 0.5) is 4.79 Å². The molecule has 94 valence electrons. The van der Waals surface area contributed by atoms with Gasteiger partial charge < -0.3 is 10.4 Å². The maximum Gasteiger partial charge on any atom is 0.305 e. The van der Waals surface area contributed by atoms with Gasteiger partial charge in [0.15, 0.2) is 0 Å². The first-order chi connectivity index (χ1) is 7.95. The molecule has 3 amide bonds. The third-order valence-corrected chi connectivity index (χ3v) is 3.12. The van der Waals surface area contributed by atoms with Gasteiger partial charge in [-0.2, -0.15) is 0 Å². The molecule has 0 spiro atoms. The van der Waals surface area contributed by atoms with Crippen molar-refractivity contribution in [1.29, 1.82) is 0 Å². The Bertz CT molecular complexity index is 370. The van der Waals surface area contributed by atoms with Crippen molar-refractivity contribution in [2.24, 2.45) is 0 Å². The van der Waals surface area contributed by atoms with Gasteiger partial charge in [-0.15, -0.1) is 0 Å². The highest BCUT2D eigenvalue weighted by Crippen LogP contribution is 2.28. The standard InChI is InChI=1S/C9H12N2O5S/c1-2-10-6(12)4-11-8(15)5(3-7(13)14)17-9(11)16/h5H,2-4H2,1H3,(H,10,12)(H,13,14). The molecule has 0 aromatic rings. The molecule has 1 aliphatic heterocycles. The first-order valence-corrected chi connectivity index (χ1v) is 5.84. The number of likely N-dealkylation sites (N-methyl/N-ethyl adjacent to an activating group) is 1. The summed E-state index contributed by atoms with van der Waals surface area (Å²) in [6.45, 7) is 1.77. The SMILES string of the molecule is CCNC(=O)CN1C(=O)SC(CC(=O)O)C1=O. The van der Waals surface area contributed by atoms with Crippen LogP contribution in [0.25, 0.3) is 0 Å². The second kappa shape index (κ2) is 5.67. The number of imide groups is 1. The van der Waals surface area contributed by atoms with E-state index in [1.807, 2.05) is 0 Å². The quantitative estimate of drug-likeness (QED) is 0.701. The Morgan fingerprint density at radius 1 is 1.47 bits per heavy atom. The molecule has 0 aromatic carbocycles. The summed E-state index contributed by atoms with van der Waals surface area (Å²) >= 11 is 0.647. The normalized spacial score (nSPS) is 19.6. The number of aliphatic carboxylic acids is 1. The molecule has 0 aliphatic carbocycles. The van der Waals surface area contributed by atoms with Crippen LogP contribution in [-0.4, -0.2) is 51.4 Å². The monoisotopic (exact) mass is 260 g/mol. The molecule has 1 unspecified atom stereocenters. The van der Waals surface area contributed by atoms with Crippen LogP contribution in [0.2, 0.25) is 0 Å². The topological polar surface area (TPSA) is 104 Å². The van der Waals surface area contributed by atoms with E-state index in [-0.39, 0.29) is 6.54 Å². The van der Waals surface area contributed by atoms with Crippen LogP contribution in [-0.2, 0) is 14.4 Å². The lowest BCUT2D eigenvalue weighted by Gasteiger charge is -2.12. The molecule has 1 fully saturated rings. The molecule has 1 atom stereocenters. The van der Waals surface area contributed by atoms with E-state index in [1.54, 1.807) is 6.92 Å². The van der Waals surface area contributed by atoms with E-state index in [0.717, 1.165) is 4.90 Å². The van der Waals surface area contributed by atoms with Gasteiger partial charge in [0.1, 0.15) is 11.8 Å². The number of carbonyl (C=O) groups is 4. The fourth-order valence-electron chi connectivity index (χ4n) is 1.33. The molecule has 1 heterocycles. The average molecular weight is 260 g/mol. The number of rotatable bonds is 5. The number of hydrogen-bond donors (Lipinski definition) is 2. The molecule has 1 saturated heterocycles. The molecule has 0 aromatic heterocycles. The summed E-state index contributed by atoms with van der Waals surface area (Å²) in [7, 11) is 0. The summed E-state index contributed by atoms with van der Waals surface area (Å²) in [6, 6.07) is 0. The Balaban J connectivity index is 2.62. The van der Waals surface area contributed by atoms with Crippen molar-refractivity contribution in [2.75, 3.05) is 13.1 Å². The van der Waals surface area contributed by atoms with E-state index in [0.29, 0.717) is 18.3 Å². The van der Waals surface area contributed by atoms with E-state index in [4.69, 9.17) is 5.11 Å². The van der Waals surface area contributed by atoms with E-state index < -0.39 is 34.7 Å². The second-order valence-electron chi connectivity index (χ2n) is 3.35. The smallest absolute Gasteiger partial charge is 0.305 e. The van der Waals surface area contributed by atoms with Gasteiger partial charge >= 0.3 is 5.97 Å². The maximum absolute atomic E-state index is 11.6. The lowest BCUT2D eigenvalue weighted by molar-refractivity contribution is -0.139. The summed E-state index contributed by atoms with van der Waals surface area (Å²) < 4.78 is 0. The number of nitrogens with one attached hydrogen (secondary N) is 1. The highest BCUT2D eigenvalue weighted by molar-refractivity contribution is 8.15. The van der Waals surface area contributed by atoms with Gasteiger partial charge in [-0.05, 0) is 6.92 Å². The van der Waals surface area contributed by atoms with Crippen LogP contribution in [0.1, 0.15) is 13.3 Å². The lowest BCUT2D eigenvalue weighted by atomic mass is 10.2. The number of carbonyl (C=O) groups excluding carboxylic acids is 3. The summed E-state index contributed by atoms with van der Waals surface area (Å²) in [5, 5.41) is 9.52. The maximum atomic E-state index is 11.6. The molecular formula is C9H12N2O5S. The first kappa shape index (κ1) is 13.5. The molecule has 7 nitrogen and oxygen atoms in total. The van der Waals surface area contributed by atoms with Crippen molar-refractivity contribution >= 4 is 34.8 Å². The molecule has 1 rings (SSSR count). The molecule has 0 saturated carbocycles. The van der Waals surface area contributed by atoms with Gasteiger partial charge in [-0.25, -0.2) is 0 Å². The number of amides is 3. The van der Waals surface area contributed by atoms with Gasteiger partial charge in [-0.3, -0.25) is 24.1 Å². The highest BCUT2D eigenvalue weighted by atomic mass is 32.2. The Hall–Kier alpha value is -1.57. The third kappa shape index (κ3) is 3.45. The number of hydrogen-bond acceptors (Lipinski definition) is 5. The number of thioether (sulfide) groups is 1. The minimum Gasteiger partial charge on any atom is -0.481 e. The Labute approximate surface area is 102 Å². The first-order valence-electron chi connectivity index (χ1n) is 4.96. The summed E-state index contributed by atoms with van der Waals surface area (Å²) in [5.41, 5.74) is 0. The highest BCUT2D eigenvalue weighted by Gasteiger charge is 2.41. The van der Waals surface area contributed by atoms with Gasteiger partial charge in [0.2, 0.25) is 11.8 Å². The van der Waals surface area contributed by atoms with Crippen molar-refractivity contribution in [3.05, 3.63) is 0 Å². The molecule has 1 aliphatic rings. The summed E-state index contributed by atoms with van der Waals surface area (Å²) in [5.74, 6) is -2.21. The Morgan fingerprint density at radius 3 is 2.65 bits per heavy atom. The average Bonchev–Trinajstić information content (AvgIpc) is 2.45. The van der Waals surface area contributed by atoms with Crippen molar-refractivity contribution in [2.45, 2.75) is 18.6 Å². The number of carboxylic acid groups (broad SMARTS) is 1. The van der Waals surface area contributed by atoms with Crippen molar-refractivity contribution in [3.63, 3.8) is 0 Å². The zero-order valence-electron chi connectivity index (χ0n) is 9.13. The van der Waals surface area contributed by atoms with Gasteiger partial charge in [0.25, 0.3) is 5.24 Å². The van der Waals surface area contributed by atoms with E-state index in [2.05, 4.69) is 5.32 Å². The largest absolute Gasteiger partial charge is 0.481 e. The van der Waals surface area contributed by atoms with Gasteiger partial charge in [0, 0.05) is 6.54 Å². The molecule has 17 heavy (non-hydrogen) atoms. The van der Waals surface area contributed by atoms with Crippen molar-refractivity contribution < 1.29 is 24.3 Å². The predicted octanol–water partition coefficient (Wildman–Crippen LogP) is -0.339.